The number of carboxylic acid groups (broad SMARTS) is 1. The molecule has 1 aromatic carbocycles. The molecule has 9 heteroatoms. The van der Waals surface area contributed by atoms with Crippen molar-refractivity contribution in [2.75, 3.05) is 0 Å². The highest BCUT2D eigenvalue weighted by molar-refractivity contribution is 7.89. The highest BCUT2D eigenvalue weighted by Crippen LogP contribution is 2.14. The maximum Gasteiger partial charge on any atom is 0.308 e. The normalized spacial score (nSPS) is 13.8. The number of sulfonamides is 1. The molecule has 26 heavy (non-hydrogen) atoms. The van der Waals surface area contributed by atoms with Gasteiger partial charge in [0, 0.05) is 23.0 Å². The number of aliphatic carboxylic acids is 1. The lowest BCUT2D eigenvalue weighted by Gasteiger charge is -2.17. The maximum atomic E-state index is 12.3. The molecule has 7 nitrogen and oxygen atoms in total. The highest BCUT2D eigenvalue weighted by atomic mass is 32.2. The third kappa shape index (κ3) is 5.13. The van der Waals surface area contributed by atoms with Crippen LogP contribution in [-0.2, 0) is 21.4 Å². The molecule has 0 bridgehead atoms. The van der Waals surface area contributed by atoms with Crippen LogP contribution in [0.5, 0.6) is 0 Å². The van der Waals surface area contributed by atoms with Crippen molar-refractivity contribution in [1.82, 2.24) is 10.0 Å². The van der Waals surface area contributed by atoms with E-state index in [9.17, 15) is 18.0 Å². The average molecular weight is 396 g/mol. The van der Waals surface area contributed by atoms with Crippen molar-refractivity contribution in [2.24, 2.45) is 5.92 Å². The lowest BCUT2D eigenvalue weighted by molar-refractivity contribution is -0.141. The summed E-state index contributed by atoms with van der Waals surface area (Å²) in [7, 11) is -3.68. The van der Waals surface area contributed by atoms with Gasteiger partial charge in [-0.15, -0.1) is 11.3 Å². The van der Waals surface area contributed by atoms with Crippen LogP contribution in [0.2, 0.25) is 0 Å². The molecule has 2 unspecified atom stereocenters. The number of carbonyl (C=O) groups is 2. The van der Waals surface area contributed by atoms with E-state index in [4.69, 9.17) is 5.11 Å². The largest absolute Gasteiger partial charge is 0.481 e. The minimum atomic E-state index is -3.68. The van der Waals surface area contributed by atoms with Gasteiger partial charge in [0.05, 0.1) is 10.8 Å². The monoisotopic (exact) mass is 396 g/mol. The summed E-state index contributed by atoms with van der Waals surface area (Å²) >= 11 is 1.45. The molecular weight excluding hydrogens is 376 g/mol. The summed E-state index contributed by atoms with van der Waals surface area (Å²) < 4.78 is 27.1. The number of thiophene rings is 1. The number of benzene rings is 1. The molecule has 0 fully saturated rings. The number of hydrogen-bond donors (Lipinski definition) is 3. The Kier molecular flexibility index (Phi) is 6.52. The van der Waals surface area contributed by atoms with Crippen molar-refractivity contribution >= 4 is 33.2 Å². The Labute approximate surface area is 156 Å². The van der Waals surface area contributed by atoms with Gasteiger partial charge in [-0.2, -0.15) is 0 Å². The number of carboxylic acids is 1. The summed E-state index contributed by atoms with van der Waals surface area (Å²) in [5.74, 6) is -2.20. The van der Waals surface area contributed by atoms with Crippen molar-refractivity contribution in [3.05, 3.63) is 52.2 Å². The fraction of sp³-hybridized carbons (Fsp3) is 0.294. The second-order valence-electron chi connectivity index (χ2n) is 5.82. The number of amides is 1. The van der Waals surface area contributed by atoms with E-state index in [1.54, 1.807) is 6.92 Å². The number of rotatable bonds is 8. The van der Waals surface area contributed by atoms with Gasteiger partial charge in [-0.1, -0.05) is 6.07 Å². The number of hydrogen-bond acceptors (Lipinski definition) is 5. The van der Waals surface area contributed by atoms with Gasteiger partial charge in [0.1, 0.15) is 0 Å². The maximum absolute atomic E-state index is 12.3. The van der Waals surface area contributed by atoms with E-state index < -0.39 is 33.9 Å². The van der Waals surface area contributed by atoms with E-state index in [0.717, 1.165) is 4.88 Å². The van der Waals surface area contributed by atoms with Crippen LogP contribution in [0.3, 0.4) is 0 Å². The van der Waals surface area contributed by atoms with Crippen molar-refractivity contribution in [2.45, 2.75) is 31.3 Å². The molecule has 0 aliphatic carbocycles. The molecule has 0 saturated heterocycles. The van der Waals surface area contributed by atoms with Crippen LogP contribution >= 0.6 is 11.3 Å². The third-order valence-corrected chi connectivity index (χ3v) is 6.24. The molecule has 2 aromatic rings. The fourth-order valence-corrected chi connectivity index (χ4v) is 3.82. The topological polar surface area (TPSA) is 113 Å². The first-order chi connectivity index (χ1) is 12.2. The van der Waals surface area contributed by atoms with Gasteiger partial charge in [0.15, 0.2) is 0 Å². The summed E-state index contributed by atoms with van der Waals surface area (Å²) in [6.45, 7) is 3.30. The average Bonchev–Trinajstić information content (AvgIpc) is 3.13. The minimum Gasteiger partial charge on any atom is -0.481 e. The van der Waals surface area contributed by atoms with Crippen LogP contribution in [0.4, 0.5) is 0 Å². The SMILES string of the molecule is CC(NC(=O)c1ccc(S(=O)(=O)NCc2cccs2)cc1)C(C)C(=O)O. The van der Waals surface area contributed by atoms with Crippen molar-refractivity contribution in [3.8, 4) is 0 Å². The lowest BCUT2D eigenvalue weighted by Crippen LogP contribution is -2.40. The van der Waals surface area contributed by atoms with Crippen LogP contribution in [0.15, 0.2) is 46.7 Å². The van der Waals surface area contributed by atoms with E-state index in [1.807, 2.05) is 17.5 Å². The summed E-state index contributed by atoms with van der Waals surface area (Å²) in [4.78, 5) is 24.0. The first-order valence-electron chi connectivity index (χ1n) is 7.86. The van der Waals surface area contributed by atoms with Gasteiger partial charge in [-0.05, 0) is 49.6 Å². The second kappa shape index (κ2) is 8.43. The van der Waals surface area contributed by atoms with Crippen molar-refractivity contribution < 1.29 is 23.1 Å². The van der Waals surface area contributed by atoms with E-state index in [1.165, 1.54) is 42.5 Å². The smallest absolute Gasteiger partial charge is 0.308 e. The summed E-state index contributed by atoms with van der Waals surface area (Å²) in [5, 5.41) is 13.4. The molecule has 1 heterocycles. The van der Waals surface area contributed by atoms with Gasteiger partial charge in [0.25, 0.3) is 5.91 Å². The number of carbonyl (C=O) groups excluding carboxylic acids is 1. The molecule has 1 amide bonds. The lowest BCUT2D eigenvalue weighted by atomic mass is 10.0. The first kappa shape index (κ1) is 20.1. The quantitative estimate of drug-likeness (QED) is 0.632. The van der Waals surface area contributed by atoms with Gasteiger partial charge < -0.3 is 10.4 Å². The molecule has 0 radical (unpaired) electrons. The van der Waals surface area contributed by atoms with Gasteiger partial charge >= 0.3 is 5.97 Å². The van der Waals surface area contributed by atoms with E-state index in [0.29, 0.717) is 0 Å². The van der Waals surface area contributed by atoms with Crippen LogP contribution < -0.4 is 10.0 Å². The van der Waals surface area contributed by atoms with Gasteiger partial charge in [-0.25, -0.2) is 13.1 Å². The van der Waals surface area contributed by atoms with Gasteiger partial charge in [-0.3, -0.25) is 9.59 Å². The van der Waals surface area contributed by atoms with Gasteiger partial charge in [0.2, 0.25) is 10.0 Å². The van der Waals surface area contributed by atoms with E-state index in [2.05, 4.69) is 10.0 Å². The zero-order valence-electron chi connectivity index (χ0n) is 14.3. The standard InChI is InChI=1S/C17H20N2O5S2/c1-11(17(21)22)12(2)19-16(20)13-5-7-15(8-6-13)26(23,24)18-10-14-4-3-9-25-14/h3-9,11-12,18H,10H2,1-2H3,(H,19,20)(H,21,22). The predicted molar refractivity (Wildman–Crippen MR) is 98.5 cm³/mol. The van der Waals surface area contributed by atoms with Crippen LogP contribution in [0.1, 0.15) is 29.1 Å². The molecule has 0 aliphatic rings. The zero-order valence-corrected chi connectivity index (χ0v) is 15.9. The zero-order chi connectivity index (χ0) is 19.3. The summed E-state index contributed by atoms with van der Waals surface area (Å²) in [5.41, 5.74) is 0.256. The summed E-state index contributed by atoms with van der Waals surface area (Å²) in [6, 6.07) is 8.60. The first-order valence-corrected chi connectivity index (χ1v) is 10.2. The Hall–Kier alpha value is -2.23. The Morgan fingerprint density at radius 3 is 2.35 bits per heavy atom. The Bertz CT molecular complexity index is 861. The third-order valence-electron chi connectivity index (χ3n) is 3.94. The number of nitrogens with one attached hydrogen (secondary N) is 2. The minimum absolute atomic E-state index is 0.0533. The molecule has 3 N–H and O–H groups in total. The van der Waals surface area contributed by atoms with Crippen LogP contribution in [0.25, 0.3) is 0 Å². The Morgan fingerprint density at radius 2 is 1.81 bits per heavy atom. The predicted octanol–water partition coefficient (Wildman–Crippen LogP) is 2.07. The Morgan fingerprint density at radius 1 is 1.15 bits per heavy atom. The molecule has 0 saturated carbocycles. The molecule has 2 atom stereocenters. The molecule has 140 valence electrons. The fourth-order valence-electron chi connectivity index (χ4n) is 2.08. The molecule has 2 rings (SSSR count). The van der Waals surface area contributed by atoms with Crippen molar-refractivity contribution in [3.63, 3.8) is 0 Å². The van der Waals surface area contributed by atoms with Crippen LogP contribution in [0, 0.1) is 5.92 Å². The van der Waals surface area contributed by atoms with Crippen molar-refractivity contribution in [1.29, 1.82) is 0 Å². The highest BCUT2D eigenvalue weighted by Gasteiger charge is 2.22. The molecule has 0 aliphatic heterocycles. The Balaban J connectivity index is 2.02. The molecule has 0 spiro atoms. The van der Waals surface area contributed by atoms with E-state index >= 15 is 0 Å². The molecular formula is C17H20N2O5S2. The molecule has 1 aromatic heterocycles. The summed E-state index contributed by atoms with van der Waals surface area (Å²) in [6.07, 6.45) is 0. The second-order valence-corrected chi connectivity index (χ2v) is 8.62. The van der Waals surface area contributed by atoms with Crippen LogP contribution in [-0.4, -0.2) is 31.4 Å². The van der Waals surface area contributed by atoms with E-state index in [-0.39, 0.29) is 17.0 Å².